The second kappa shape index (κ2) is 7.52. The van der Waals surface area contributed by atoms with Crippen LogP contribution in [-0.4, -0.2) is 30.7 Å². The molecule has 0 spiro atoms. The second-order valence-corrected chi connectivity index (χ2v) is 6.16. The number of fused-ring (bicyclic) bond motifs is 1. The zero-order valence-corrected chi connectivity index (χ0v) is 16.0. The number of nitrogens with one attached hydrogen (secondary N) is 1. The molecule has 0 fully saturated rings. The molecule has 0 unspecified atom stereocenters. The molecule has 4 aromatic rings. The van der Waals surface area contributed by atoms with Crippen LogP contribution in [-0.2, 0) is 0 Å². The highest BCUT2D eigenvalue weighted by atomic mass is 16.5. The summed E-state index contributed by atoms with van der Waals surface area (Å²) < 4.78 is 18.1. The van der Waals surface area contributed by atoms with Gasteiger partial charge >= 0.3 is 0 Å². The van der Waals surface area contributed by atoms with Gasteiger partial charge in [0.25, 0.3) is 0 Å². The number of benzene rings is 2. The van der Waals surface area contributed by atoms with Crippen LogP contribution in [0, 0.1) is 0 Å². The Balaban J connectivity index is 1.83. The van der Waals surface area contributed by atoms with Crippen LogP contribution >= 0.6 is 0 Å². The van der Waals surface area contributed by atoms with Crippen LogP contribution in [0.3, 0.4) is 0 Å². The number of anilines is 2. The van der Waals surface area contributed by atoms with E-state index in [-0.39, 0.29) is 0 Å². The fourth-order valence-electron chi connectivity index (χ4n) is 3.11. The van der Waals surface area contributed by atoms with Gasteiger partial charge in [0.15, 0.2) is 11.5 Å². The molecule has 6 heteroatoms. The fraction of sp³-hybridized carbons (Fsp3) is 0.136. The molecule has 0 saturated heterocycles. The molecule has 0 bridgehead atoms. The molecule has 0 aliphatic rings. The van der Waals surface area contributed by atoms with Crippen molar-refractivity contribution < 1.29 is 14.2 Å². The van der Waals surface area contributed by atoms with Crippen molar-refractivity contribution in [1.29, 1.82) is 0 Å². The second-order valence-electron chi connectivity index (χ2n) is 6.16. The molecule has 2 aromatic carbocycles. The molecule has 0 aliphatic heterocycles. The zero-order chi connectivity index (χ0) is 19.5. The SMILES string of the molecule is COc1ccc(Nc2c(-c3ccc(OC)c(OC)c3)nc3ccccn23)cc1. The fourth-order valence-corrected chi connectivity index (χ4v) is 3.11. The highest BCUT2D eigenvalue weighted by Gasteiger charge is 2.16. The number of pyridine rings is 1. The maximum Gasteiger partial charge on any atom is 0.161 e. The van der Waals surface area contributed by atoms with Gasteiger partial charge in [0.2, 0.25) is 0 Å². The van der Waals surface area contributed by atoms with Crippen LogP contribution in [0.15, 0.2) is 66.9 Å². The molecule has 2 heterocycles. The van der Waals surface area contributed by atoms with Gasteiger partial charge in [-0.25, -0.2) is 4.98 Å². The van der Waals surface area contributed by atoms with Crippen LogP contribution in [0.2, 0.25) is 0 Å². The molecule has 1 N–H and O–H groups in total. The molecule has 0 amide bonds. The van der Waals surface area contributed by atoms with E-state index in [2.05, 4.69) is 5.32 Å². The van der Waals surface area contributed by atoms with E-state index in [0.717, 1.165) is 34.2 Å². The minimum absolute atomic E-state index is 0.660. The maximum atomic E-state index is 5.46. The van der Waals surface area contributed by atoms with Crippen molar-refractivity contribution in [1.82, 2.24) is 9.38 Å². The van der Waals surface area contributed by atoms with Gasteiger partial charge in [0.1, 0.15) is 22.9 Å². The van der Waals surface area contributed by atoms with Crippen molar-refractivity contribution in [2.45, 2.75) is 0 Å². The molecule has 0 atom stereocenters. The van der Waals surface area contributed by atoms with Crippen molar-refractivity contribution in [3.8, 4) is 28.5 Å². The molecule has 28 heavy (non-hydrogen) atoms. The van der Waals surface area contributed by atoms with E-state index < -0.39 is 0 Å². The number of hydrogen-bond acceptors (Lipinski definition) is 5. The average Bonchev–Trinajstić information content (AvgIpc) is 3.12. The van der Waals surface area contributed by atoms with Crippen LogP contribution in [0.4, 0.5) is 11.5 Å². The molecule has 0 radical (unpaired) electrons. The van der Waals surface area contributed by atoms with Gasteiger partial charge in [0.05, 0.1) is 21.3 Å². The molecule has 0 aliphatic carbocycles. The Kier molecular flexibility index (Phi) is 4.76. The number of imidazole rings is 1. The number of methoxy groups -OCH3 is 3. The number of rotatable bonds is 6. The van der Waals surface area contributed by atoms with E-state index in [1.54, 1.807) is 21.3 Å². The van der Waals surface area contributed by atoms with Crippen LogP contribution < -0.4 is 19.5 Å². The van der Waals surface area contributed by atoms with E-state index >= 15 is 0 Å². The summed E-state index contributed by atoms with van der Waals surface area (Å²) in [6, 6.07) is 19.5. The molecule has 0 saturated carbocycles. The quantitative estimate of drug-likeness (QED) is 0.526. The van der Waals surface area contributed by atoms with Gasteiger partial charge in [-0.1, -0.05) is 6.07 Å². The largest absolute Gasteiger partial charge is 0.497 e. The highest BCUT2D eigenvalue weighted by molar-refractivity contribution is 5.80. The molecule has 6 nitrogen and oxygen atoms in total. The Labute approximate surface area is 163 Å². The number of aromatic nitrogens is 2. The summed E-state index contributed by atoms with van der Waals surface area (Å²) in [5.41, 5.74) is 3.54. The first-order chi connectivity index (χ1) is 13.7. The van der Waals surface area contributed by atoms with E-state index in [0.29, 0.717) is 11.5 Å². The maximum absolute atomic E-state index is 5.46. The third-order valence-corrected chi connectivity index (χ3v) is 4.54. The molecule has 2 aromatic heterocycles. The van der Waals surface area contributed by atoms with Gasteiger partial charge in [-0.05, 0) is 54.6 Å². The lowest BCUT2D eigenvalue weighted by atomic mass is 10.1. The summed E-state index contributed by atoms with van der Waals surface area (Å²) in [4.78, 5) is 4.82. The van der Waals surface area contributed by atoms with E-state index in [4.69, 9.17) is 19.2 Å². The Morgan fingerprint density at radius 3 is 2.32 bits per heavy atom. The minimum Gasteiger partial charge on any atom is -0.497 e. The van der Waals surface area contributed by atoms with Gasteiger partial charge in [0, 0.05) is 17.4 Å². The Morgan fingerprint density at radius 1 is 0.821 bits per heavy atom. The first-order valence-corrected chi connectivity index (χ1v) is 8.84. The topological polar surface area (TPSA) is 57.0 Å². The molecular weight excluding hydrogens is 354 g/mol. The highest BCUT2D eigenvalue weighted by Crippen LogP contribution is 2.36. The Morgan fingerprint density at radius 2 is 1.61 bits per heavy atom. The normalized spacial score (nSPS) is 10.7. The number of nitrogens with zero attached hydrogens (tertiary/aromatic N) is 2. The predicted octanol–water partition coefficient (Wildman–Crippen LogP) is 4.77. The van der Waals surface area contributed by atoms with Crippen molar-refractivity contribution in [3.05, 3.63) is 66.9 Å². The number of hydrogen-bond donors (Lipinski definition) is 1. The summed E-state index contributed by atoms with van der Waals surface area (Å²) in [5.74, 6) is 3.02. The van der Waals surface area contributed by atoms with Crippen LogP contribution in [0.25, 0.3) is 16.9 Å². The monoisotopic (exact) mass is 375 g/mol. The lowest BCUT2D eigenvalue weighted by Gasteiger charge is -2.11. The average molecular weight is 375 g/mol. The first-order valence-electron chi connectivity index (χ1n) is 8.84. The lowest BCUT2D eigenvalue weighted by Crippen LogP contribution is -1.97. The third kappa shape index (κ3) is 3.20. The van der Waals surface area contributed by atoms with Gasteiger partial charge in [-0.2, -0.15) is 0 Å². The summed E-state index contributed by atoms with van der Waals surface area (Å²) >= 11 is 0. The molecule has 142 valence electrons. The van der Waals surface area contributed by atoms with E-state index in [1.165, 1.54) is 0 Å². The number of ether oxygens (including phenoxy) is 3. The van der Waals surface area contributed by atoms with Crippen molar-refractivity contribution in [2.75, 3.05) is 26.6 Å². The predicted molar refractivity (Wildman–Crippen MR) is 110 cm³/mol. The Hall–Kier alpha value is -3.67. The summed E-state index contributed by atoms with van der Waals surface area (Å²) in [5, 5.41) is 3.48. The standard InChI is InChI=1S/C22H21N3O3/c1-26-17-10-8-16(9-11-17)23-22-21(24-20-6-4-5-13-25(20)22)15-7-12-18(27-2)19(14-15)28-3/h4-14,23H,1-3H3. The summed E-state index contributed by atoms with van der Waals surface area (Å²) in [6.45, 7) is 0. The van der Waals surface area contributed by atoms with E-state index in [9.17, 15) is 0 Å². The molecule has 4 rings (SSSR count). The summed E-state index contributed by atoms with van der Waals surface area (Å²) in [7, 11) is 4.91. The van der Waals surface area contributed by atoms with Crippen LogP contribution in [0.1, 0.15) is 0 Å². The zero-order valence-electron chi connectivity index (χ0n) is 16.0. The van der Waals surface area contributed by atoms with Gasteiger partial charge in [-0.3, -0.25) is 4.40 Å². The third-order valence-electron chi connectivity index (χ3n) is 4.54. The van der Waals surface area contributed by atoms with Gasteiger partial charge in [-0.15, -0.1) is 0 Å². The van der Waals surface area contributed by atoms with E-state index in [1.807, 2.05) is 71.3 Å². The molecular formula is C22H21N3O3. The van der Waals surface area contributed by atoms with Crippen LogP contribution in [0.5, 0.6) is 17.2 Å². The Bertz CT molecular complexity index is 1100. The summed E-state index contributed by atoms with van der Waals surface area (Å²) in [6.07, 6.45) is 1.98. The first kappa shape index (κ1) is 17.7. The van der Waals surface area contributed by atoms with Gasteiger partial charge < -0.3 is 19.5 Å². The lowest BCUT2D eigenvalue weighted by molar-refractivity contribution is 0.355. The smallest absolute Gasteiger partial charge is 0.161 e. The van der Waals surface area contributed by atoms with Crippen molar-refractivity contribution >= 4 is 17.2 Å². The van der Waals surface area contributed by atoms with Crippen molar-refractivity contribution in [3.63, 3.8) is 0 Å². The minimum atomic E-state index is 0.660. The van der Waals surface area contributed by atoms with Crippen molar-refractivity contribution in [2.24, 2.45) is 0 Å².